The van der Waals surface area contributed by atoms with Crippen molar-refractivity contribution in [1.82, 2.24) is 4.90 Å². The number of aliphatic hydroxyl groups excluding tert-OH is 2. The fraction of sp³-hybridized carbons (Fsp3) is 0.538. The van der Waals surface area contributed by atoms with Gasteiger partial charge in [0.1, 0.15) is 5.76 Å². The van der Waals surface area contributed by atoms with E-state index in [4.69, 9.17) is 29.2 Å². The number of likely N-dealkylation sites (tertiary alicyclic amines) is 1. The molecule has 2 heterocycles. The first-order valence-electron chi connectivity index (χ1n) is 12.8. The second-order valence-electron chi connectivity index (χ2n) is 10.6. The topological polar surface area (TPSA) is 221 Å². The number of carboxylic acids is 2. The summed E-state index contributed by atoms with van der Waals surface area (Å²) in [6, 6.07) is 3.13. The molecule has 2 aliphatic heterocycles. The van der Waals surface area contributed by atoms with Gasteiger partial charge < -0.3 is 49.7 Å². The molecule has 1 aromatic rings. The molecule has 7 atom stereocenters. The van der Waals surface area contributed by atoms with E-state index in [0.29, 0.717) is 24.9 Å². The highest BCUT2D eigenvalue weighted by molar-refractivity contribution is 5.86. The number of rotatable bonds is 6. The predicted molar refractivity (Wildman–Crippen MR) is 132 cm³/mol. The van der Waals surface area contributed by atoms with E-state index in [1.54, 1.807) is 6.08 Å². The minimum absolute atomic E-state index is 0.0868. The smallest absolute Gasteiger partial charge is 0.490 e. The number of esters is 2. The first-order chi connectivity index (χ1) is 19.9. The van der Waals surface area contributed by atoms with Crippen LogP contribution in [0.4, 0.5) is 13.2 Å². The average molecular weight is 619 g/mol. The van der Waals surface area contributed by atoms with Crippen LogP contribution in [0.1, 0.15) is 30.9 Å². The number of aliphatic carboxylic acids is 2. The Morgan fingerprint density at radius 1 is 1.12 bits per heavy atom. The lowest BCUT2D eigenvalue weighted by molar-refractivity contribution is -0.192. The van der Waals surface area contributed by atoms with Crippen LogP contribution in [-0.4, -0.2) is 115 Å². The molecule has 0 aromatic heterocycles. The number of piperidine rings is 1. The molecule has 0 unspecified atom stereocenters. The van der Waals surface area contributed by atoms with Crippen molar-refractivity contribution in [2.24, 2.45) is 0 Å². The highest BCUT2D eigenvalue weighted by Gasteiger charge is 2.72. The van der Waals surface area contributed by atoms with Gasteiger partial charge in [0.05, 0.1) is 11.0 Å². The fourth-order valence-electron chi connectivity index (χ4n) is 6.19. The lowest BCUT2D eigenvalue weighted by Crippen LogP contribution is -2.74. The Labute approximate surface area is 240 Å². The van der Waals surface area contributed by atoms with Gasteiger partial charge in [-0.3, -0.25) is 0 Å². The normalized spacial score (nSPS) is 28.9. The molecule has 43 heavy (non-hydrogen) atoms. The SMILES string of the molecule is C[C@H](OC(=O)[C@H](O)[C@@H](O)C(=O)O)C(=O)OC1=CC[C@@]2(O)[C@H]3Cc4ccc(O)c5c4[C@@]2(CCN3C)[C@H]1O5.O=C(O)C(F)(F)F. The van der Waals surface area contributed by atoms with Crippen molar-refractivity contribution in [2.75, 3.05) is 13.6 Å². The quantitative estimate of drug-likeness (QED) is 0.223. The van der Waals surface area contributed by atoms with Gasteiger partial charge in [0, 0.05) is 18.0 Å². The zero-order valence-electron chi connectivity index (χ0n) is 22.6. The number of benzene rings is 1. The molecule has 0 saturated carbocycles. The van der Waals surface area contributed by atoms with E-state index in [9.17, 15) is 48.0 Å². The number of carbonyl (C=O) groups is 4. The minimum atomic E-state index is -5.08. The van der Waals surface area contributed by atoms with E-state index in [1.165, 1.54) is 13.0 Å². The number of carbonyl (C=O) groups excluding carboxylic acids is 2. The van der Waals surface area contributed by atoms with E-state index >= 15 is 0 Å². The molecule has 236 valence electrons. The Kier molecular flexibility index (Phi) is 8.16. The summed E-state index contributed by atoms with van der Waals surface area (Å²) in [4.78, 5) is 46.5. The third-order valence-electron chi connectivity index (χ3n) is 8.23. The second-order valence-corrected chi connectivity index (χ2v) is 10.6. The van der Waals surface area contributed by atoms with Gasteiger partial charge in [-0.05, 0) is 51.1 Å². The van der Waals surface area contributed by atoms with Crippen LogP contribution < -0.4 is 4.74 Å². The largest absolute Gasteiger partial charge is 0.504 e. The Hall–Kier alpha value is -3.93. The van der Waals surface area contributed by atoms with Crippen molar-refractivity contribution in [3.8, 4) is 11.5 Å². The number of halogens is 3. The molecule has 1 fully saturated rings. The lowest BCUT2D eigenvalue weighted by atomic mass is 9.50. The number of ether oxygens (including phenoxy) is 3. The summed E-state index contributed by atoms with van der Waals surface area (Å²) in [6.45, 7) is 1.80. The van der Waals surface area contributed by atoms with Crippen LogP contribution in [-0.2, 0) is 40.5 Å². The molecule has 17 heteroatoms. The van der Waals surface area contributed by atoms with Gasteiger partial charge >= 0.3 is 30.1 Å². The lowest BCUT2D eigenvalue weighted by Gasteiger charge is -2.61. The van der Waals surface area contributed by atoms with Gasteiger partial charge in [0.2, 0.25) is 0 Å². The summed E-state index contributed by atoms with van der Waals surface area (Å²) in [5.74, 6) is -6.89. The number of hydrogen-bond donors (Lipinski definition) is 6. The first-order valence-corrected chi connectivity index (χ1v) is 12.8. The third-order valence-corrected chi connectivity index (χ3v) is 8.23. The second kappa shape index (κ2) is 11.0. The standard InChI is InChI=1S/C24H27NO11.C2HF3O2/c1-10(34-22(32)17(28)16(27)20(29)30)21(31)35-13-5-6-24(33)14-9-11-3-4-12(26)18-15(11)23(24,19(13)36-18)7-8-25(14)2;3-2(4,5)1(6)7/h3-5,10,14,16-17,19,26-28,33H,6-9H2,1-2H3,(H,29,30);(H,6,7)/t10-,14+,16+,17+,19-,23-,24+;/m0./s1. The third kappa shape index (κ3) is 5.15. The molecular weight excluding hydrogens is 591 g/mol. The number of alkyl halides is 3. The molecule has 5 rings (SSSR count). The molecule has 4 aliphatic rings. The van der Waals surface area contributed by atoms with Crippen LogP contribution in [0.15, 0.2) is 24.0 Å². The summed E-state index contributed by atoms with van der Waals surface area (Å²) >= 11 is 0. The number of phenols is 1. The Bertz CT molecular complexity index is 1380. The summed E-state index contributed by atoms with van der Waals surface area (Å²) in [5.41, 5.74) is -0.571. The minimum Gasteiger partial charge on any atom is -0.504 e. The molecule has 2 aliphatic carbocycles. The van der Waals surface area contributed by atoms with Gasteiger partial charge in [0.15, 0.2) is 35.9 Å². The van der Waals surface area contributed by atoms with Crippen LogP contribution in [0.2, 0.25) is 0 Å². The van der Waals surface area contributed by atoms with Gasteiger partial charge in [-0.2, -0.15) is 13.2 Å². The molecule has 14 nitrogen and oxygen atoms in total. The number of nitrogens with zero attached hydrogens (tertiary/aromatic N) is 1. The maximum Gasteiger partial charge on any atom is 0.490 e. The van der Waals surface area contributed by atoms with Crippen molar-refractivity contribution < 1.29 is 77.2 Å². The van der Waals surface area contributed by atoms with Crippen molar-refractivity contribution in [3.63, 3.8) is 0 Å². The van der Waals surface area contributed by atoms with E-state index in [0.717, 1.165) is 5.56 Å². The van der Waals surface area contributed by atoms with E-state index in [1.807, 2.05) is 13.1 Å². The first kappa shape index (κ1) is 32.0. The van der Waals surface area contributed by atoms with Crippen LogP contribution >= 0.6 is 0 Å². The van der Waals surface area contributed by atoms with Crippen molar-refractivity contribution in [1.29, 1.82) is 0 Å². The summed E-state index contributed by atoms with van der Waals surface area (Å²) in [7, 11) is 1.94. The van der Waals surface area contributed by atoms with Gasteiger partial charge in [-0.1, -0.05) is 6.07 Å². The highest BCUT2D eigenvalue weighted by atomic mass is 19.4. The molecule has 1 aromatic carbocycles. The molecule has 0 amide bonds. The summed E-state index contributed by atoms with van der Waals surface area (Å²) < 4.78 is 48.2. The Morgan fingerprint density at radius 2 is 1.74 bits per heavy atom. The van der Waals surface area contributed by atoms with Crippen molar-refractivity contribution >= 4 is 23.9 Å². The summed E-state index contributed by atoms with van der Waals surface area (Å²) in [6.07, 6.45) is -9.65. The fourth-order valence-corrected chi connectivity index (χ4v) is 6.19. The molecular formula is C26H28F3NO13. The van der Waals surface area contributed by atoms with Crippen LogP contribution in [0.3, 0.4) is 0 Å². The zero-order valence-corrected chi connectivity index (χ0v) is 22.6. The highest BCUT2D eigenvalue weighted by Crippen LogP contribution is 2.65. The van der Waals surface area contributed by atoms with Crippen LogP contribution in [0, 0.1) is 0 Å². The van der Waals surface area contributed by atoms with Crippen LogP contribution in [0.5, 0.6) is 11.5 Å². The molecule has 1 spiro atoms. The predicted octanol–water partition coefficient (Wildman–Crippen LogP) is -0.415. The Morgan fingerprint density at radius 3 is 2.33 bits per heavy atom. The van der Waals surface area contributed by atoms with E-state index in [2.05, 4.69) is 4.90 Å². The molecule has 6 N–H and O–H groups in total. The van der Waals surface area contributed by atoms with Crippen LogP contribution in [0.25, 0.3) is 0 Å². The van der Waals surface area contributed by atoms with E-state index < -0.39 is 65.5 Å². The zero-order chi connectivity index (χ0) is 32.2. The maximum atomic E-state index is 12.8. The van der Waals surface area contributed by atoms with Gasteiger partial charge in [0.25, 0.3) is 0 Å². The monoisotopic (exact) mass is 619 g/mol. The molecule has 2 bridgehead atoms. The number of hydrogen-bond acceptors (Lipinski definition) is 12. The number of likely N-dealkylation sites (N-methyl/N-ethyl adjacent to an activating group) is 1. The van der Waals surface area contributed by atoms with Crippen molar-refractivity contribution in [3.05, 3.63) is 35.1 Å². The summed E-state index contributed by atoms with van der Waals surface area (Å²) in [5, 5.41) is 57.4. The number of aliphatic hydroxyl groups is 3. The molecule has 0 radical (unpaired) electrons. The van der Waals surface area contributed by atoms with Crippen molar-refractivity contribution in [2.45, 2.75) is 73.8 Å². The van der Waals surface area contributed by atoms with Gasteiger partial charge in [-0.15, -0.1) is 0 Å². The maximum absolute atomic E-state index is 12.8. The van der Waals surface area contributed by atoms with E-state index in [-0.39, 0.29) is 29.7 Å². The molecule has 1 saturated heterocycles. The average Bonchev–Trinajstić information content (AvgIpc) is 3.28. The number of carboxylic acid groups (broad SMARTS) is 2. The number of aromatic hydroxyl groups is 1. The van der Waals surface area contributed by atoms with Gasteiger partial charge in [-0.25, -0.2) is 19.2 Å². The number of phenolic OH excluding ortho intramolecular Hbond substituents is 1. The Balaban J connectivity index is 0.000000541.